The molecule has 3 aromatic rings. The minimum absolute atomic E-state index is 0.0840. The molecule has 0 aromatic heterocycles. The molecule has 4 atom stereocenters. The Bertz CT molecular complexity index is 1210. The van der Waals surface area contributed by atoms with Gasteiger partial charge in [-0.2, -0.15) is 0 Å². The summed E-state index contributed by atoms with van der Waals surface area (Å²) in [5.74, 6) is -1.41. The Balaban J connectivity index is 1.61. The molecule has 6 nitrogen and oxygen atoms in total. The highest BCUT2D eigenvalue weighted by molar-refractivity contribution is 5.78. The maximum atomic E-state index is 14.6. The van der Waals surface area contributed by atoms with E-state index < -0.39 is 36.0 Å². The van der Waals surface area contributed by atoms with E-state index >= 15 is 0 Å². The Labute approximate surface area is 195 Å². The summed E-state index contributed by atoms with van der Waals surface area (Å²) < 4.78 is 51.2. The molecule has 3 aromatic carbocycles. The van der Waals surface area contributed by atoms with Crippen molar-refractivity contribution >= 4 is 5.97 Å². The van der Waals surface area contributed by atoms with E-state index in [1.807, 2.05) is 35.2 Å². The number of esters is 1. The van der Waals surface area contributed by atoms with Crippen LogP contribution >= 0.6 is 0 Å². The number of nitrogens with zero attached hydrogens (tertiary/aromatic N) is 1. The standard InChI is InChI=1S/C26H23F2NO5/c1-31-21-10-8-16(12-18(21)27)24-23-26(30)33-14-20(15-6-4-3-5-7-15)29(23)25(34-24)17-9-11-22(32-2)19(28)13-17/h3-13,20,23-25H,14H2,1-2H3/t20-,23?,24-,25+/m1/s1. The minimum Gasteiger partial charge on any atom is -0.494 e. The van der Waals surface area contributed by atoms with Crippen LogP contribution in [0.2, 0.25) is 0 Å². The Morgan fingerprint density at radius 2 is 1.47 bits per heavy atom. The molecule has 2 saturated heterocycles. The molecule has 2 heterocycles. The predicted molar refractivity (Wildman–Crippen MR) is 118 cm³/mol. The third-order valence-electron chi connectivity index (χ3n) is 6.29. The summed E-state index contributed by atoms with van der Waals surface area (Å²) in [7, 11) is 2.77. The first-order valence-corrected chi connectivity index (χ1v) is 10.8. The fourth-order valence-corrected chi connectivity index (χ4v) is 4.67. The zero-order chi connectivity index (χ0) is 23.8. The average Bonchev–Trinajstić information content (AvgIpc) is 3.26. The molecule has 34 heavy (non-hydrogen) atoms. The number of ether oxygens (including phenoxy) is 4. The molecule has 0 bridgehead atoms. The molecule has 0 N–H and O–H groups in total. The molecule has 0 saturated carbocycles. The fourth-order valence-electron chi connectivity index (χ4n) is 4.67. The number of carbonyl (C=O) groups excluding carboxylic acids is 1. The van der Waals surface area contributed by atoms with Gasteiger partial charge >= 0.3 is 5.97 Å². The van der Waals surface area contributed by atoms with E-state index in [0.29, 0.717) is 11.1 Å². The Morgan fingerprint density at radius 1 is 0.853 bits per heavy atom. The lowest BCUT2D eigenvalue weighted by Crippen LogP contribution is -2.49. The maximum Gasteiger partial charge on any atom is 0.326 e. The van der Waals surface area contributed by atoms with Gasteiger partial charge in [0.05, 0.1) is 20.3 Å². The second-order valence-electron chi connectivity index (χ2n) is 8.15. The van der Waals surface area contributed by atoms with Gasteiger partial charge in [0.2, 0.25) is 0 Å². The lowest BCUT2D eigenvalue weighted by Gasteiger charge is -2.39. The number of halogens is 2. The van der Waals surface area contributed by atoms with Crippen molar-refractivity contribution in [3.63, 3.8) is 0 Å². The summed E-state index contributed by atoms with van der Waals surface area (Å²) in [5, 5.41) is 0. The van der Waals surface area contributed by atoms with Crippen LogP contribution in [0.3, 0.4) is 0 Å². The van der Waals surface area contributed by atoms with Gasteiger partial charge in [-0.3, -0.25) is 4.79 Å². The zero-order valence-corrected chi connectivity index (χ0v) is 18.6. The molecular weight excluding hydrogens is 444 g/mol. The molecule has 0 aliphatic carbocycles. The van der Waals surface area contributed by atoms with Crippen LogP contribution < -0.4 is 9.47 Å². The van der Waals surface area contributed by atoms with Crippen molar-refractivity contribution < 1.29 is 32.5 Å². The number of carbonyl (C=O) groups is 1. The normalized spacial score (nSPS) is 24.4. The summed E-state index contributed by atoms with van der Waals surface area (Å²) in [6.07, 6.45) is -1.62. The van der Waals surface area contributed by atoms with Crippen molar-refractivity contribution in [3.05, 3.63) is 95.1 Å². The van der Waals surface area contributed by atoms with Crippen molar-refractivity contribution in [3.8, 4) is 11.5 Å². The molecule has 176 valence electrons. The smallest absolute Gasteiger partial charge is 0.326 e. The van der Waals surface area contributed by atoms with E-state index in [0.717, 1.165) is 5.56 Å². The lowest BCUT2D eigenvalue weighted by molar-refractivity contribution is -0.163. The first kappa shape index (κ1) is 22.3. The van der Waals surface area contributed by atoms with Crippen LogP contribution in [0.25, 0.3) is 0 Å². The van der Waals surface area contributed by atoms with E-state index in [2.05, 4.69) is 0 Å². The SMILES string of the molecule is COc1ccc([C@H]2O[C@@H](c3ccc(OC)c(F)c3)N3C2C(=O)OC[C@@H]3c2ccccc2)cc1F. The molecule has 5 rings (SSSR count). The molecule has 2 aliphatic heterocycles. The van der Waals surface area contributed by atoms with E-state index in [9.17, 15) is 13.6 Å². The second kappa shape index (κ2) is 9.04. The van der Waals surface area contributed by atoms with Gasteiger partial charge in [-0.05, 0) is 41.0 Å². The first-order chi connectivity index (χ1) is 16.5. The predicted octanol–water partition coefficient (Wildman–Crippen LogP) is 4.72. The molecule has 2 fully saturated rings. The van der Waals surface area contributed by atoms with Gasteiger partial charge in [0, 0.05) is 0 Å². The van der Waals surface area contributed by atoms with Gasteiger partial charge < -0.3 is 18.9 Å². The Hall–Kier alpha value is -3.49. The molecule has 8 heteroatoms. The fraction of sp³-hybridized carbons (Fsp3) is 0.269. The molecular formula is C26H23F2NO5. The number of benzene rings is 3. The van der Waals surface area contributed by atoms with Gasteiger partial charge in [-0.25, -0.2) is 13.7 Å². The third kappa shape index (κ3) is 3.78. The second-order valence-corrected chi connectivity index (χ2v) is 8.15. The van der Waals surface area contributed by atoms with Gasteiger partial charge in [0.25, 0.3) is 0 Å². The van der Waals surface area contributed by atoms with Gasteiger partial charge in [0.15, 0.2) is 23.1 Å². The van der Waals surface area contributed by atoms with Crippen molar-refractivity contribution in [1.29, 1.82) is 0 Å². The summed E-state index contributed by atoms with van der Waals surface area (Å²) in [5.41, 5.74) is 1.88. The lowest BCUT2D eigenvalue weighted by atomic mass is 9.96. The van der Waals surface area contributed by atoms with Crippen LogP contribution in [-0.2, 0) is 14.3 Å². The highest BCUT2D eigenvalue weighted by atomic mass is 19.1. The van der Waals surface area contributed by atoms with E-state index in [1.165, 1.54) is 38.5 Å². The van der Waals surface area contributed by atoms with Crippen molar-refractivity contribution in [1.82, 2.24) is 4.90 Å². The number of hydrogen-bond acceptors (Lipinski definition) is 6. The van der Waals surface area contributed by atoms with Crippen molar-refractivity contribution in [2.75, 3.05) is 20.8 Å². The summed E-state index contributed by atoms with van der Waals surface area (Å²) in [4.78, 5) is 14.9. The molecule has 0 radical (unpaired) electrons. The minimum atomic E-state index is -0.859. The van der Waals surface area contributed by atoms with Crippen LogP contribution in [0.4, 0.5) is 8.78 Å². The van der Waals surface area contributed by atoms with Crippen molar-refractivity contribution in [2.45, 2.75) is 24.4 Å². The quantitative estimate of drug-likeness (QED) is 0.506. The number of fused-ring (bicyclic) bond motifs is 1. The number of methoxy groups -OCH3 is 2. The Kier molecular flexibility index (Phi) is 5.93. The van der Waals surface area contributed by atoms with E-state index in [-0.39, 0.29) is 24.1 Å². The topological polar surface area (TPSA) is 57.2 Å². The third-order valence-corrected chi connectivity index (χ3v) is 6.29. The average molecular weight is 467 g/mol. The highest BCUT2D eigenvalue weighted by Gasteiger charge is 2.54. The summed E-state index contributed by atoms with van der Waals surface area (Å²) in [6, 6.07) is 17.3. The maximum absolute atomic E-state index is 14.6. The van der Waals surface area contributed by atoms with Crippen LogP contribution in [0.1, 0.15) is 35.1 Å². The largest absolute Gasteiger partial charge is 0.494 e. The van der Waals surface area contributed by atoms with Crippen LogP contribution in [0, 0.1) is 11.6 Å². The molecule has 0 amide bonds. The van der Waals surface area contributed by atoms with Gasteiger partial charge in [0.1, 0.15) is 25.0 Å². The summed E-state index contributed by atoms with van der Waals surface area (Å²) in [6.45, 7) is 0.113. The van der Waals surface area contributed by atoms with E-state index in [4.69, 9.17) is 18.9 Å². The molecule has 0 spiro atoms. The number of rotatable bonds is 5. The summed E-state index contributed by atoms with van der Waals surface area (Å²) >= 11 is 0. The highest BCUT2D eigenvalue weighted by Crippen LogP contribution is 2.50. The molecule has 2 aliphatic rings. The Morgan fingerprint density at radius 3 is 2.09 bits per heavy atom. The number of cyclic esters (lactones) is 1. The number of hydrogen-bond donors (Lipinski definition) is 0. The van der Waals surface area contributed by atoms with E-state index in [1.54, 1.807) is 12.1 Å². The van der Waals surface area contributed by atoms with Gasteiger partial charge in [-0.1, -0.05) is 42.5 Å². The van der Waals surface area contributed by atoms with Gasteiger partial charge in [-0.15, -0.1) is 0 Å². The van der Waals surface area contributed by atoms with Crippen LogP contribution in [0.5, 0.6) is 11.5 Å². The first-order valence-electron chi connectivity index (χ1n) is 10.8. The zero-order valence-electron chi connectivity index (χ0n) is 18.6. The monoisotopic (exact) mass is 467 g/mol. The van der Waals surface area contributed by atoms with Crippen LogP contribution in [0.15, 0.2) is 66.7 Å². The number of morpholine rings is 1. The molecule has 1 unspecified atom stereocenters. The van der Waals surface area contributed by atoms with Crippen molar-refractivity contribution in [2.24, 2.45) is 0 Å². The van der Waals surface area contributed by atoms with Crippen LogP contribution in [-0.4, -0.2) is 37.7 Å².